The normalized spacial score (nSPS) is 19.3. The molecule has 2 heterocycles. The van der Waals surface area contributed by atoms with Crippen molar-refractivity contribution in [2.24, 2.45) is 0 Å². The van der Waals surface area contributed by atoms with Crippen LogP contribution >= 0.6 is 0 Å². The number of aromatic nitrogens is 1. The average Bonchev–Trinajstić information content (AvgIpc) is 2.87. The molecule has 1 fully saturated rings. The number of nitrogen functional groups attached to an aromatic ring is 1. The first-order valence-corrected chi connectivity index (χ1v) is 7.12. The Morgan fingerprint density at radius 3 is 3.00 bits per heavy atom. The van der Waals surface area contributed by atoms with Crippen LogP contribution in [-0.4, -0.2) is 17.6 Å². The summed E-state index contributed by atoms with van der Waals surface area (Å²) in [7, 11) is 0. The van der Waals surface area contributed by atoms with Crippen LogP contribution in [0.25, 0.3) is 10.8 Å². The van der Waals surface area contributed by atoms with Crippen molar-refractivity contribution in [2.45, 2.75) is 39.2 Å². The Morgan fingerprint density at radius 1 is 1.37 bits per heavy atom. The van der Waals surface area contributed by atoms with Crippen LogP contribution in [0.5, 0.6) is 0 Å². The predicted molar refractivity (Wildman–Crippen MR) is 81.6 cm³/mol. The maximum absolute atomic E-state index is 6.08. The molecule has 3 nitrogen and oxygen atoms in total. The van der Waals surface area contributed by atoms with E-state index in [4.69, 9.17) is 5.73 Å². The molecule has 1 aliphatic rings. The molecular formula is C16H21N3. The third kappa shape index (κ3) is 2.03. The van der Waals surface area contributed by atoms with Crippen LogP contribution in [0.3, 0.4) is 0 Å². The van der Waals surface area contributed by atoms with E-state index in [0.717, 1.165) is 23.3 Å². The van der Waals surface area contributed by atoms with Gasteiger partial charge in [0, 0.05) is 46.6 Å². The second-order valence-corrected chi connectivity index (χ2v) is 5.44. The van der Waals surface area contributed by atoms with Crippen molar-refractivity contribution in [1.82, 2.24) is 4.98 Å². The van der Waals surface area contributed by atoms with Crippen molar-refractivity contribution in [1.29, 1.82) is 0 Å². The lowest BCUT2D eigenvalue weighted by molar-refractivity contribution is 0.647. The van der Waals surface area contributed by atoms with Crippen LogP contribution in [0.2, 0.25) is 0 Å². The highest BCUT2D eigenvalue weighted by molar-refractivity contribution is 6.01. The Hall–Kier alpha value is -1.77. The van der Waals surface area contributed by atoms with Gasteiger partial charge in [-0.3, -0.25) is 4.98 Å². The van der Waals surface area contributed by atoms with E-state index in [1.54, 1.807) is 0 Å². The highest BCUT2D eigenvalue weighted by Crippen LogP contribution is 2.35. The van der Waals surface area contributed by atoms with Crippen molar-refractivity contribution in [3.63, 3.8) is 0 Å². The second kappa shape index (κ2) is 4.72. The van der Waals surface area contributed by atoms with Gasteiger partial charge in [0.1, 0.15) is 0 Å². The molecule has 1 unspecified atom stereocenters. The molecule has 1 aliphatic heterocycles. The first kappa shape index (κ1) is 12.3. The van der Waals surface area contributed by atoms with Gasteiger partial charge in [0.2, 0.25) is 0 Å². The minimum atomic E-state index is 0.667. The molecule has 2 N–H and O–H groups in total. The smallest absolute Gasteiger partial charge is 0.0451 e. The molecule has 0 aliphatic carbocycles. The van der Waals surface area contributed by atoms with Gasteiger partial charge in [0.15, 0.2) is 0 Å². The number of anilines is 2. The van der Waals surface area contributed by atoms with Crippen molar-refractivity contribution in [3.05, 3.63) is 30.1 Å². The quantitative estimate of drug-likeness (QED) is 0.835. The van der Waals surface area contributed by atoms with Gasteiger partial charge in [-0.1, -0.05) is 6.92 Å². The van der Waals surface area contributed by atoms with Crippen molar-refractivity contribution in [3.8, 4) is 0 Å². The molecule has 19 heavy (non-hydrogen) atoms. The van der Waals surface area contributed by atoms with Crippen LogP contribution in [0, 0.1) is 6.92 Å². The lowest BCUT2D eigenvalue weighted by atomic mass is 10.1. The van der Waals surface area contributed by atoms with Gasteiger partial charge in [-0.2, -0.15) is 0 Å². The summed E-state index contributed by atoms with van der Waals surface area (Å²) in [5, 5.41) is 2.32. The first-order chi connectivity index (χ1) is 9.20. The van der Waals surface area contributed by atoms with Gasteiger partial charge in [0.25, 0.3) is 0 Å². The Labute approximate surface area is 114 Å². The van der Waals surface area contributed by atoms with E-state index in [2.05, 4.69) is 28.9 Å². The molecule has 1 saturated heterocycles. The summed E-state index contributed by atoms with van der Waals surface area (Å²) >= 11 is 0. The summed E-state index contributed by atoms with van der Waals surface area (Å²) in [4.78, 5) is 6.92. The fourth-order valence-electron chi connectivity index (χ4n) is 3.18. The fourth-order valence-corrected chi connectivity index (χ4v) is 3.18. The molecule has 0 bridgehead atoms. The van der Waals surface area contributed by atoms with Gasteiger partial charge in [-0.15, -0.1) is 0 Å². The third-order valence-corrected chi connectivity index (χ3v) is 4.21. The fraction of sp³-hybridized carbons (Fsp3) is 0.438. The van der Waals surface area contributed by atoms with Gasteiger partial charge in [0.05, 0.1) is 0 Å². The zero-order valence-electron chi connectivity index (χ0n) is 11.7. The van der Waals surface area contributed by atoms with Crippen molar-refractivity contribution >= 4 is 22.1 Å². The first-order valence-electron chi connectivity index (χ1n) is 7.12. The SMILES string of the molecule is CCC1CCCN1c1ccc(N)c2cnc(C)cc12. The van der Waals surface area contributed by atoms with E-state index >= 15 is 0 Å². The minimum absolute atomic E-state index is 0.667. The average molecular weight is 255 g/mol. The molecule has 0 spiro atoms. The van der Waals surface area contributed by atoms with Crippen molar-refractivity contribution in [2.75, 3.05) is 17.2 Å². The third-order valence-electron chi connectivity index (χ3n) is 4.21. The molecule has 3 rings (SSSR count). The summed E-state index contributed by atoms with van der Waals surface area (Å²) in [6.45, 7) is 5.46. The summed E-state index contributed by atoms with van der Waals surface area (Å²) in [5.74, 6) is 0. The molecule has 1 atom stereocenters. The summed E-state index contributed by atoms with van der Waals surface area (Å²) in [6, 6.07) is 7.01. The zero-order valence-corrected chi connectivity index (χ0v) is 11.7. The van der Waals surface area contributed by atoms with Crippen LogP contribution in [0.1, 0.15) is 31.9 Å². The number of rotatable bonds is 2. The lowest BCUT2D eigenvalue weighted by Gasteiger charge is -2.27. The molecular weight excluding hydrogens is 234 g/mol. The van der Waals surface area contributed by atoms with E-state index in [0.29, 0.717) is 6.04 Å². The largest absolute Gasteiger partial charge is 0.398 e. The monoisotopic (exact) mass is 255 g/mol. The zero-order chi connectivity index (χ0) is 13.4. The Bertz CT molecular complexity index is 606. The highest BCUT2D eigenvalue weighted by Gasteiger charge is 2.24. The van der Waals surface area contributed by atoms with Crippen LogP contribution in [0.15, 0.2) is 24.4 Å². The van der Waals surface area contributed by atoms with E-state index in [1.807, 2.05) is 19.2 Å². The summed E-state index contributed by atoms with van der Waals surface area (Å²) < 4.78 is 0. The van der Waals surface area contributed by atoms with E-state index in [1.165, 1.54) is 30.3 Å². The number of nitrogens with two attached hydrogens (primary N) is 1. The molecule has 100 valence electrons. The topological polar surface area (TPSA) is 42.1 Å². The van der Waals surface area contributed by atoms with Gasteiger partial charge < -0.3 is 10.6 Å². The van der Waals surface area contributed by atoms with Gasteiger partial charge in [-0.05, 0) is 44.4 Å². The Morgan fingerprint density at radius 2 is 2.21 bits per heavy atom. The number of benzene rings is 1. The number of hydrogen-bond acceptors (Lipinski definition) is 3. The number of pyridine rings is 1. The molecule has 1 aromatic carbocycles. The number of fused-ring (bicyclic) bond motifs is 1. The van der Waals surface area contributed by atoms with Gasteiger partial charge in [-0.25, -0.2) is 0 Å². The maximum Gasteiger partial charge on any atom is 0.0451 e. The molecule has 2 aromatic rings. The molecule has 0 amide bonds. The minimum Gasteiger partial charge on any atom is -0.398 e. The van der Waals surface area contributed by atoms with E-state index in [-0.39, 0.29) is 0 Å². The summed E-state index contributed by atoms with van der Waals surface area (Å²) in [5.41, 5.74) is 9.27. The highest BCUT2D eigenvalue weighted by atomic mass is 15.2. The maximum atomic E-state index is 6.08. The predicted octanol–water partition coefficient (Wildman–Crippen LogP) is 3.50. The van der Waals surface area contributed by atoms with Crippen molar-refractivity contribution < 1.29 is 0 Å². The van der Waals surface area contributed by atoms with Crippen LogP contribution < -0.4 is 10.6 Å². The lowest BCUT2D eigenvalue weighted by Crippen LogP contribution is -2.28. The van der Waals surface area contributed by atoms with E-state index in [9.17, 15) is 0 Å². The molecule has 0 radical (unpaired) electrons. The Balaban J connectivity index is 2.18. The number of hydrogen-bond donors (Lipinski definition) is 1. The Kier molecular flexibility index (Phi) is 3.05. The van der Waals surface area contributed by atoms with Crippen LogP contribution in [0.4, 0.5) is 11.4 Å². The van der Waals surface area contributed by atoms with Gasteiger partial charge >= 0.3 is 0 Å². The standard InChI is InChI=1S/C16H21N3/c1-3-12-5-4-8-19(12)16-7-6-15(17)14-10-18-11(2)9-13(14)16/h6-7,9-10,12H,3-5,8,17H2,1-2H3. The summed E-state index contributed by atoms with van der Waals surface area (Å²) in [6.07, 6.45) is 5.69. The van der Waals surface area contributed by atoms with E-state index < -0.39 is 0 Å². The molecule has 1 aromatic heterocycles. The molecule has 0 saturated carbocycles. The van der Waals surface area contributed by atoms with Crippen LogP contribution in [-0.2, 0) is 0 Å². The second-order valence-electron chi connectivity index (χ2n) is 5.44. The number of nitrogens with zero attached hydrogens (tertiary/aromatic N) is 2. The number of aryl methyl sites for hydroxylation is 1. The molecule has 3 heteroatoms.